The predicted octanol–water partition coefficient (Wildman–Crippen LogP) is 3.67. The van der Waals surface area contributed by atoms with Gasteiger partial charge in [0.2, 0.25) is 0 Å². The zero-order valence-corrected chi connectivity index (χ0v) is 12.3. The van der Waals surface area contributed by atoms with Crippen molar-refractivity contribution in [3.8, 4) is 0 Å². The number of aromatic nitrogens is 1. The molecule has 96 valence electrons. The molecule has 0 saturated carbocycles. The Bertz CT molecular complexity index is 585. The zero-order chi connectivity index (χ0) is 12.7. The number of rotatable bonds is 1. The molecule has 1 aliphatic rings. The van der Waals surface area contributed by atoms with Crippen molar-refractivity contribution >= 4 is 27.0 Å². The minimum atomic E-state index is 0.470. The van der Waals surface area contributed by atoms with Gasteiger partial charge in [-0.05, 0) is 57.0 Å². The smallest absolute Gasteiger partial charge is 0.198 e. The number of piperidine rings is 1. The Morgan fingerprint density at radius 1 is 1.28 bits per heavy atom. The van der Waals surface area contributed by atoms with Crippen LogP contribution in [0.2, 0.25) is 0 Å². The van der Waals surface area contributed by atoms with E-state index < -0.39 is 0 Å². The molecule has 18 heavy (non-hydrogen) atoms. The van der Waals surface area contributed by atoms with Crippen LogP contribution in [0.1, 0.15) is 35.8 Å². The summed E-state index contributed by atoms with van der Waals surface area (Å²) in [5.74, 6) is 1.38. The molecular formula is C14H17BrN2O. The minimum absolute atomic E-state index is 0.470. The molecule has 1 aromatic carbocycles. The fraction of sp³-hybridized carbons (Fsp3) is 0.500. The number of hydrogen-bond donors (Lipinski definition) is 1. The maximum atomic E-state index is 6.01. The monoisotopic (exact) mass is 308 g/mol. The van der Waals surface area contributed by atoms with Crippen molar-refractivity contribution in [1.82, 2.24) is 10.3 Å². The molecule has 1 N–H and O–H groups in total. The van der Waals surface area contributed by atoms with Crippen LogP contribution in [-0.2, 0) is 0 Å². The van der Waals surface area contributed by atoms with E-state index in [1.54, 1.807) is 0 Å². The number of benzene rings is 1. The molecule has 3 rings (SSSR count). The third kappa shape index (κ3) is 1.97. The maximum absolute atomic E-state index is 6.01. The SMILES string of the molecule is Cc1c(Br)cc2nc(C3CCNCC3)oc2c1C. The molecule has 0 amide bonds. The topological polar surface area (TPSA) is 38.1 Å². The number of aryl methyl sites for hydroxylation is 1. The quantitative estimate of drug-likeness (QED) is 0.873. The third-order valence-corrected chi connectivity index (χ3v) is 4.71. The van der Waals surface area contributed by atoms with Gasteiger partial charge in [0.15, 0.2) is 11.5 Å². The average molecular weight is 309 g/mol. The number of oxazole rings is 1. The molecule has 0 aliphatic carbocycles. The largest absolute Gasteiger partial charge is 0.440 e. The molecule has 3 nitrogen and oxygen atoms in total. The average Bonchev–Trinajstić information content (AvgIpc) is 2.81. The first-order valence-electron chi connectivity index (χ1n) is 6.43. The second-order valence-corrected chi connectivity index (χ2v) is 5.89. The predicted molar refractivity (Wildman–Crippen MR) is 76.0 cm³/mol. The summed E-state index contributed by atoms with van der Waals surface area (Å²) < 4.78 is 7.12. The Morgan fingerprint density at radius 3 is 2.72 bits per heavy atom. The summed E-state index contributed by atoms with van der Waals surface area (Å²) in [6.07, 6.45) is 2.23. The molecular weight excluding hydrogens is 292 g/mol. The van der Waals surface area contributed by atoms with Crippen LogP contribution in [0.4, 0.5) is 0 Å². The molecule has 2 aromatic rings. The van der Waals surface area contributed by atoms with Crippen LogP contribution in [0, 0.1) is 13.8 Å². The van der Waals surface area contributed by atoms with Gasteiger partial charge in [-0.2, -0.15) is 0 Å². The molecule has 0 spiro atoms. The van der Waals surface area contributed by atoms with E-state index >= 15 is 0 Å². The Hall–Kier alpha value is -0.870. The van der Waals surface area contributed by atoms with Gasteiger partial charge in [-0.1, -0.05) is 15.9 Å². The number of halogens is 1. The summed E-state index contributed by atoms with van der Waals surface area (Å²) in [4.78, 5) is 4.67. The van der Waals surface area contributed by atoms with Crippen LogP contribution < -0.4 is 5.32 Å². The van der Waals surface area contributed by atoms with Crippen molar-refractivity contribution in [1.29, 1.82) is 0 Å². The Balaban J connectivity index is 2.07. The minimum Gasteiger partial charge on any atom is -0.440 e. The lowest BCUT2D eigenvalue weighted by atomic mass is 9.98. The molecule has 0 radical (unpaired) electrons. The van der Waals surface area contributed by atoms with Crippen LogP contribution in [0.3, 0.4) is 0 Å². The van der Waals surface area contributed by atoms with E-state index in [1.807, 2.05) is 0 Å². The highest BCUT2D eigenvalue weighted by Gasteiger charge is 2.21. The molecule has 1 aliphatic heterocycles. The number of fused-ring (bicyclic) bond motifs is 1. The van der Waals surface area contributed by atoms with Gasteiger partial charge in [0.25, 0.3) is 0 Å². The summed E-state index contributed by atoms with van der Waals surface area (Å²) in [6, 6.07) is 2.06. The van der Waals surface area contributed by atoms with Gasteiger partial charge in [-0.15, -0.1) is 0 Å². The normalized spacial score (nSPS) is 17.5. The van der Waals surface area contributed by atoms with E-state index in [1.165, 1.54) is 11.1 Å². The van der Waals surface area contributed by atoms with Gasteiger partial charge in [-0.3, -0.25) is 0 Å². The maximum Gasteiger partial charge on any atom is 0.198 e. The van der Waals surface area contributed by atoms with Crippen molar-refractivity contribution in [2.24, 2.45) is 0 Å². The van der Waals surface area contributed by atoms with Crippen molar-refractivity contribution in [2.75, 3.05) is 13.1 Å². The molecule has 1 saturated heterocycles. The number of nitrogens with one attached hydrogen (secondary N) is 1. The number of hydrogen-bond acceptors (Lipinski definition) is 3. The van der Waals surface area contributed by atoms with Crippen LogP contribution >= 0.6 is 15.9 Å². The van der Waals surface area contributed by atoms with E-state index in [-0.39, 0.29) is 0 Å². The van der Waals surface area contributed by atoms with Gasteiger partial charge in [0.1, 0.15) is 5.52 Å². The Kier molecular flexibility index (Phi) is 3.16. The van der Waals surface area contributed by atoms with E-state index in [0.29, 0.717) is 5.92 Å². The highest BCUT2D eigenvalue weighted by atomic mass is 79.9. The van der Waals surface area contributed by atoms with Crippen molar-refractivity contribution < 1.29 is 4.42 Å². The van der Waals surface area contributed by atoms with Gasteiger partial charge >= 0.3 is 0 Å². The van der Waals surface area contributed by atoms with E-state index in [2.05, 4.69) is 46.1 Å². The first-order valence-corrected chi connectivity index (χ1v) is 7.23. The van der Waals surface area contributed by atoms with E-state index in [4.69, 9.17) is 4.42 Å². The first-order chi connectivity index (χ1) is 8.66. The van der Waals surface area contributed by atoms with Crippen molar-refractivity contribution in [2.45, 2.75) is 32.6 Å². The molecule has 0 unspecified atom stereocenters. The molecule has 1 aromatic heterocycles. The molecule has 0 atom stereocenters. The molecule has 2 heterocycles. The molecule has 0 bridgehead atoms. The second-order valence-electron chi connectivity index (χ2n) is 5.03. The third-order valence-electron chi connectivity index (χ3n) is 3.88. The standard InChI is InChI=1S/C14H17BrN2O/c1-8-9(2)13-12(7-11(8)15)17-14(18-13)10-3-5-16-6-4-10/h7,10,16H,3-6H2,1-2H3. The van der Waals surface area contributed by atoms with Gasteiger partial charge in [-0.25, -0.2) is 4.98 Å². The lowest BCUT2D eigenvalue weighted by Gasteiger charge is -2.19. The lowest BCUT2D eigenvalue weighted by Crippen LogP contribution is -2.26. The first kappa shape index (κ1) is 12.2. The van der Waals surface area contributed by atoms with Crippen LogP contribution in [0.15, 0.2) is 15.0 Å². The molecule has 4 heteroatoms. The van der Waals surface area contributed by atoms with E-state index in [9.17, 15) is 0 Å². The number of nitrogens with zero attached hydrogens (tertiary/aromatic N) is 1. The highest BCUT2D eigenvalue weighted by molar-refractivity contribution is 9.10. The van der Waals surface area contributed by atoms with E-state index in [0.717, 1.165) is 47.4 Å². The van der Waals surface area contributed by atoms with Gasteiger partial charge < -0.3 is 9.73 Å². The van der Waals surface area contributed by atoms with Crippen LogP contribution in [0.25, 0.3) is 11.1 Å². The van der Waals surface area contributed by atoms with Crippen molar-refractivity contribution in [3.63, 3.8) is 0 Å². The Labute approximate surface area is 115 Å². The van der Waals surface area contributed by atoms with Crippen LogP contribution in [-0.4, -0.2) is 18.1 Å². The Morgan fingerprint density at radius 2 is 2.00 bits per heavy atom. The zero-order valence-electron chi connectivity index (χ0n) is 10.7. The summed E-state index contributed by atoms with van der Waals surface area (Å²) >= 11 is 3.58. The summed E-state index contributed by atoms with van der Waals surface area (Å²) in [5, 5.41) is 3.37. The van der Waals surface area contributed by atoms with Crippen molar-refractivity contribution in [3.05, 3.63) is 27.6 Å². The molecule has 1 fully saturated rings. The lowest BCUT2D eigenvalue weighted by molar-refractivity contribution is 0.385. The second kappa shape index (κ2) is 4.67. The summed E-state index contributed by atoms with van der Waals surface area (Å²) in [7, 11) is 0. The van der Waals surface area contributed by atoms with Gasteiger partial charge in [0.05, 0.1) is 0 Å². The van der Waals surface area contributed by atoms with Crippen LogP contribution in [0.5, 0.6) is 0 Å². The summed E-state index contributed by atoms with van der Waals surface area (Å²) in [6.45, 7) is 6.32. The fourth-order valence-electron chi connectivity index (χ4n) is 2.54. The van der Waals surface area contributed by atoms with Gasteiger partial charge in [0, 0.05) is 10.4 Å². The summed E-state index contributed by atoms with van der Waals surface area (Å²) in [5.41, 5.74) is 4.34. The fourth-order valence-corrected chi connectivity index (χ4v) is 3.05. The highest BCUT2D eigenvalue weighted by Crippen LogP contribution is 2.32.